The number of aromatic nitrogens is 3. The predicted molar refractivity (Wildman–Crippen MR) is 81.6 cm³/mol. The molecule has 2 heterocycles. The van der Waals surface area contributed by atoms with E-state index in [1.807, 2.05) is 4.68 Å². The highest BCUT2D eigenvalue weighted by Crippen LogP contribution is 2.19. The summed E-state index contributed by atoms with van der Waals surface area (Å²) >= 11 is 0. The van der Waals surface area contributed by atoms with Crippen LogP contribution in [0, 0.1) is 0 Å². The summed E-state index contributed by atoms with van der Waals surface area (Å²) in [6, 6.07) is 1.03. The van der Waals surface area contributed by atoms with Gasteiger partial charge < -0.3 is 5.32 Å². The van der Waals surface area contributed by atoms with Crippen molar-refractivity contribution in [3.05, 3.63) is 12.2 Å². The van der Waals surface area contributed by atoms with Gasteiger partial charge in [-0.25, -0.2) is 9.67 Å². The molecule has 0 aromatic carbocycles. The molecule has 1 fully saturated rings. The number of nitrogens with zero attached hydrogens (tertiary/aromatic N) is 4. The maximum atomic E-state index is 4.45. The zero-order valence-electron chi connectivity index (χ0n) is 13.2. The quantitative estimate of drug-likeness (QED) is 0.777. The van der Waals surface area contributed by atoms with E-state index in [0.717, 1.165) is 25.5 Å². The Kier molecular flexibility index (Phi) is 5.98. The molecule has 0 aliphatic carbocycles. The number of rotatable bonds is 7. The van der Waals surface area contributed by atoms with E-state index in [9.17, 15) is 0 Å². The molecule has 20 heavy (non-hydrogen) atoms. The fourth-order valence-corrected chi connectivity index (χ4v) is 2.94. The number of hydrogen-bond acceptors (Lipinski definition) is 4. The van der Waals surface area contributed by atoms with Gasteiger partial charge in [0.15, 0.2) is 0 Å². The molecule has 1 saturated heterocycles. The highest BCUT2D eigenvalue weighted by atomic mass is 15.4. The highest BCUT2D eigenvalue weighted by Gasteiger charge is 2.23. The molecular formula is C15H29N5. The smallest absolute Gasteiger partial charge is 0.141 e. The summed E-state index contributed by atoms with van der Waals surface area (Å²) in [6.07, 6.45) is 6.84. The van der Waals surface area contributed by atoms with Crippen molar-refractivity contribution in [2.24, 2.45) is 0 Å². The van der Waals surface area contributed by atoms with Gasteiger partial charge in [0.1, 0.15) is 12.2 Å². The van der Waals surface area contributed by atoms with Crippen LogP contribution in [-0.2, 0) is 6.54 Å². The lowest BCUT2D eigenvalue weighted by Gasteiger charge is -2.35. The first-order valence-electron chi connectivity index (χ1n) is 8.05. The summed E-state index contributed by atoms with van der Waals surface area (Å²) < 4.78 is 2.05. The third-order valence-corrected chi connectivity index (χ3v) is 4.04. The molecule has 1 N–H and O–H groups in total. The van der Waals surface area contributed by atoms with Crippen LogP contribution in [0.25, 0.3) is 0 Å². The number of hydrogen-bond donors (Lipinski definition) is 1. The van der Waals surface area contributed by atoms with Crippen LogP contribution in [0.4, 0.5) is 0 Å². The van der Waals surface area contributed by atoms with Gasteiger partial charge >= 0.3 is 0 Å². The average molecular weight is 279 g/mol. The van der Waals surface area contributed by atoms with Gasteiger partial charge in [-0.1, -0.05) is 13.3 Å². The van der Waals surface area contributed by atoms with E-state index in [1.54, 1.807) is 6.33 Å². The van der Waals surface area contributed by atoms with Gasteiger partial charge in [0.05, 0.1) is 6.54 Å². The first-order valence-corrected chi connectivity index (χ1v) is 8.05. The van der Waals surface area contributed by atoms with E-state index in [4.69, 9.17) is 0 Å². The van der Waals surface area contributed by atoms with Crippen LogP contribution in [-0.4, -0.2) is 45.3 Å². The molecule has 0 spiro atoms. The molecule has 1 unspecified atom stereocenters. The van der Waals surface area contributed by atoms with Crippen LogP contribution in [0.2, 0.25) is 0 Å². The monoisotopic (exact) mass is 279 g/mol. The average Bonchev–Trinajstić information content (AvgIpc) is 2.89. The van der Waals surface area contributed by atoms with Crippen molar-refractivity contribution in [1.29, 1.82) is 0 Å². The Morgan fingerprint density at radius 1 is 1.40 bits per heavy atom. The summed E-state index contributed by atoms with van der Waals surface area (Å²) in [5.74, 6) is 1.10. The standard InChI is InChI=1S/C15H29N5/c1-4-8-16-10-14-7-5-6-9-19(14)11-15-17-12-18-20(15)13(2)3/h12-14,16H,4-11H2,1-3H3. The second kappa shape index (κ2) is 7.74. The topological polar surface area (TPSA) is 46.0 Å². The van der Waals surface area contributed by atoms with Crippen LogP contribution >= 0.6 is 0 Å². The maximum Gasteiger partial charge on any atom is 0.141 e. The van der Waals surface area contributed by atoms with E-state index in [-0.39, 0.29) is 0 Å². The normalized spacial score (nSPS) is 20.7. The van der Waals surface area contributed by atoms with E-state index in [0.29, 0.717) is 12.1 Å². The van der Waals surface area contributed by atoms with Gasteiger partial charge in [-0.15, -0.1) is 0 Å². The lowest BCUT2D eigenvalue weighted by molar-refractivity contribution is 0.131. The molecule has 1 atom stereocenters. The number of piperidine rings is 1. The van der Waals surface area contributed by atoms with Crippen molar-refractivity contribution >= 4 is 0 Å². The van der Waals surface area contributed by atoms with E-state index in [1.165, 1.54) is 32.2 Å². The Bertz CT molecular complexity index is 387. The molecule has 1 aliphatic heterocycles. The molecule has 1 aromatic rings. The molecule has 0 radical (unpaired) electrons. The first kappa shape index (κ1) is 15.4. The van der Waals surface area contributed by atoms with Gasteiger partial charge in [0, 0.05) is 18.6 Å². The molecular weight excluding hydrogens is 250 g/mol. The van der Waals surface area contributed by atoms with Gasteiger partial charge in [-0.3, -0.25) is 4.90 Å². The lowest BCUT2D eigenvalue weighted by atomic mass is 10.0. The van der Waals surface area contributed by atoms with E-state index >= 15 is 0 Å². The third-order valence-electron chi connectivity index (χ3n) is 4.04. The Balaban J connectivity index is 1.95. The summed E-state index contributed by atoms with van der Waals surface area (Å²) in [7, 11) is 0. The minimum Gasteiger partial charge on any atom is -0.315 e. The van der Waals surface area contributed by atoms with Crippen LogP contribution in [0.1, 0.15) is 58.3 Å². The SMILES string of the molecule is CCCNCC1CCCCN1Cc1ncnn1C(C)C. The van der Waals surface area contributed by atoms with Gasteiger partial charge in [-0.2, -0.15) is 5.10 Å². The van der Waals surface area contributed by atoms with Crippen molar-refractivity contribution in [3.63, 3.8) is 0 Å². The van der Waals surface area contributed by atoms with Gasteiger partial charge in [-0.05, 0) is 46.2 Å². The minimum atomic E-state index is 0.383. The number of nitrogens with one attached hydrogen (secondary N) is 1. The summed E-state index contributed by atoms with van der Waals surface area (Å²) in [4.78, 5) is 7.03. The maximum absolute atomic E-state index is 4.45. The van der Waals surface area contributed by atoms with Crippen molar-refractivity contribution < 1.29 is 0 Å². The summed E-state index contributed by atoms with van der Waals surface area (Å²) in [6.45, 7) is 10.9. The second-order valence-electron chi connectivity index (χ2n) is 6.04. The highest BCUT2D eigenvalue weighted by molar-refractivity contribution is 4.90. The zero-order valence-corrected chi connectivity index (χ0v) is 13.2. The van der Waals surface area contributed by atoms with E-state index in [2.05, 4.69) is 41.1 Å². The number of likely N-dealkylation sites (tertiary alicyclic amines) is 1. The Morgan fingerprint density at radius 2 is 2.25 bits per heavy atom. The molecule has 1 aliphatic rings. The molecule has 5 nitrogen and oxygen atoms in total. The van der Waals surface area contributed by atoms with Crippen LogP contribution < -0.4 is 5.32 Å². The largest absolute Gasteiger partial charge is 0.315 e. The Labute approximate surface area is 122 Å². The van der Waals surface area contributed by atoms with Crippen molar-refractivity contribution in [2.45, 2.75) is 65.1 Å². The van der Waals surface area contributed by atoms with Crippen LogP contribution in [0.15, 0.2) is 6.33 Å². The summed E-state index contributed by atoms with van der Waals surface area (Å²) in [5.41, 5.74) is 0. The molecule has 0 amide bonds. The van der Waals surface area contributed by atoms with Crippen molar-refractivity contribution in [1.82, 2.24) is 25.0 Å². The molecule has 114 valence electrons. The van der Waals surface area contributed by atoms with Crippen LogP contribution in [0.3, 0.4) is 0 Å². The predicted octanol–water partition coefficient (Wildman–Crippen LogP) is 2.21. The Hall–Kier alpha value is -0.940. The fraction of sp³-hybridized carbons (Fsp3) is 0.867. The van der Waals surface area contributed by atoms with Crippen molar-refractivity contribution in [2.75, 3.05) is 19.6 Å². The molecule has 5 heteroatoms. The zero-order chi connectivity index (χ0) is 14.4. The molecule has 1 aromatic heterocycles. The van der Waals surface area contributed by atoms with E-state index < -0.39 is 0 Å². The molecule has 2 rings (SSSR count). The molecule has 0 saturated carbocycles. The lowest BCUT2D eigenvalue weighted by Crippen LogP contribution is -2.45. The Morgan fingerprint density at radius 3 is 3.00 bits per heavy atom. The minimum absolute atomic E-state index is 0.383. The first-order chi connectivity index (χ1) is 9.72. The van der Waals surface area contributed by atoms with Crippen molar-refractivity contribution in [3.8, 4) is 0 Å². The van der Waals surface area contributed by atoms with Crippen LogP contribution in [0.5, 0.6) is 0 Å². The van der Waals surface area contributed by atoms with Gasteiger partial charge in [0.25, 0.3) is 0 Å². The third kappa shape index (κ3) is 4.03. The molecule has 0 bridgehead atoms. The summed E-state index contributed by atoms with van der Waals surface area (Å²) in [5, 5.41) is 7.91. The second-order valence-corrected chi connectivity index (χ2v) is 6.04. The van der Waals surface area contributed by atoms with Gasteiger partial charge in [0.2, 0.25) is 0 Å². The fourth-order valence-electron chi connectivity index (χ4n) is 2.94.